The zero-order chi connectivity index (χ0) is 10.4. The molecule has 82 valence electrons. The first-order chi connectivity index (χ1) is 7.29. The van der Waals surface area contributed by atoms with Crippen LogP contribution in [0.3, 0.4) is 0 Å². The second kappa shape index (κ2) is 3.26. The van der Waals surface area contributed by atoms with Gasteiger partial charge in [-0.3, -0.25) is 5.10 Å². The highest BCUT2D eigenvalue weighted by atomic mass is 15.2. The molecule has 3 atom stereocenters. The predicted octanol–water partition coefficient (Wildman–Crippen LogP) is 2.14. The van der Waals surface area contributed by atoms with Gasteiger partial charge < -0.3 is 5.73 Å². The highest BCUT2D eigenvalue weighted by Gasteiger charge is 2.47. The monoisotopic (exact) mass is 205 g/mol. The molecule has 0 saturated heterocycles. The number of nitrogen functional groups attached to an aromatic ring is 1. The molecule has 0 amide bonds. The van der Waals surface area contributed by atoms with E-state index in [2.05, 4.69) is 17.1 Å². The summed E-state index contributed by atoms with van der Waals surface area (Å²) in [5.41, 5.74) is 8.38. The molecule has 1 aromatic rings. The van der Waals surface area contributed by atoms with E-state index in [1.54, 1.807) is 0 Å². The fourth-order valence-electron chi connectivity index (χ4n) is 3.32. The Hall–Kier alpha value is -0.990. The quantitative estimate of drug-likeness (QED) is 0.794. The Morgan fingerprint density at radius 3 is 2.93 bits per heavy atom. The minimum Gasteiger partial charge on any atom is -0.382 e. The van der Waals surface area contributed by atoms with E-state index in [4.69, 9.17) is 5.73 Å². The topological polar surface area (TPSA) is 54.7 Å². The Balaban J connectivity index is 1.75. The summed E-state index contributed by atoms with van der Waals surface area (Å²) in [5.74, 6) is 3.71. The van der Waals surface area contributed by atoms with Crippen LogP contribution in [-0.4, -0.2) is 10.2 Å². The van der Waals surface area contributed by atoms with E-state index in [1.165, 1.54) is 36.9 Å². The molecular weight excluding hydrogens is 186 g/mol. The van der Waals surface area contributed by atoms with Crippen molar-refractivity contribution in [1.29, 1.82) is 0 Å². The van der Waals surface area contributed by atoms with E-state index < -0.39 is 0 Å². The largest absolute Gasteiger partial charge is 0.382 e. The van der Waals surface area contributed by atoms with Crippen molar-refractivity contribution in [2.45, 2.75) is 39.0 Å². The fraction of sp³-hybridized carbons (Fsp3) is 0.750. The van der Waals surface area contributed by atoms with E-state index in [-0.39, 0.29) is 0 Å². The van der Waals surface area contributed by atoms with Gasteiger partial charge in [-0.1, -0.05) is 6.92 Å². The first kappa shape index (κ1) is 9.25. The number of aromatic amines is 1. The number of rotatable bonds is 3. The van der Waals surface area contributed by atoms with Crippen molar-refractivity contribution < 1.29 is 0 Å². The third kappa shape index (κ3) is 1.45. The molecule has 1 unspecified atom stereocenters. The predicted molar refractivity (Wildman–Crippen MR) is 60.4 cm³/mol. The summed E-state index contributed by atoms with van der Waals surface area (Å²) in [5, 5.41) is 7.24. The second-order valence-electron chi connectivity index (χ2n) is 5.12. The Morgan fingerprint density at radius 1 is 1.47 bits per heavy atom. The number of hydrogen-bond donors (Lipinski definition) is 2. The van der Waals surface area contributed by atoms with Crippen molar-refractivity contribution in [1.82, 2.24) is 10.2 Å². The number of hydrogen-bond acceptors (Lipinski definition) is 2. The van der Waals surface area contributed by atoms with E-state index >= 15 is 0 Å². The molecule has 0 aromatic carbocycles. The van der Waals surface area contributed by atoms with Crippen molar-refractivity contribution >= 4 is 5.82 Å². The van der Waals surface area contributed by atoms with Gasteiger partial charge in [-0.15, -0.1) is 0 Å². The number of nitrogens with one attached hydrogen (secondary N) is 1. The minimum atomic E-state index is 0.706. The lowest BCUT2D eigenvalue weighted by molar-refractivity contribution is 0.471. The molecule has 0 radical (unpaired) electrons. The van der Waals surface area contributed by atoms with Crippen LogP contribution >= 0.6 is 0 Å². The number of aromatic nitrogens is 2. The number of nitrogens with two attached hydrogens (primary N) is 1. The van der Waals surface area contributed by atoms with Crippen LogP contribution in [0.4, 0.5) is 5.82 Å². The molecule has 2 aliphatic rings. The normalized spacial score (nSPS) is 33.0. The van der Waals surface area contributed by atoms with Crippen LogP contribution in [0.15, 0.2) is 0 Å². The maximum Gasteiger partial charge on any atom is 0.148 e. The second-order valence-corrected chi connectivity index (χ2v) is 5.12. The van der Waals surface area contributed by atoms with Crippen LogP contribution in [0, 0.1) is 17.8 Å². The van der Waals surface area contributed by atoms with Gasteiger partial charge >= 0.3 is 0 Å². The van der Waals surface area contributed by atoms with Crippen LogP contribution in [0.2, 0.25) is 0 Å². The maximum atomic E-state index is 5.83. The van der Waals surface area contributed by atoms with Gasteiger partial charge in [0.15, 0.2) is 0 Å². The SMILES string of the molecule is CCc1c(N)n[nH]c1CC1CC[C@@H]2C[C@H]12. The highest BCUT2D eigenvalue weighted by molar-refractivity contribution is 5.42. The van der Waals surface area contributed by atoms with E-state index in [0.29, 0.717) is 5.82 Å². The molecule has 3 nitrogen and oxygen atoms in total. The Labute approximate surface area is 90.4 Å². The molecule has 0 bridgehead atoms. The molecule has 1 aromatic heterocycles. The molecular formula is C12H19N3. The third-order valence-corrected chi connectivity index (χ3v) is 4.30. The zero-order valence-corrected chi connectivity index (χ0v) is 9.29. The van der Waals surface area contributed by atoms with Gasteiger partial charge in [-0.05, 0) is 49.9 Å². The molecule has 15 heavy (non-hydrogen) atoms. The summed E-state index contributed by atoms with van der Waals surface area (Å²) < 4.78 is 0. The molecule has 2 aliphatic carbocycles. The summed E-state index contributed by atoms with van der Waals surface area (Å²) in [6, 6.07) is 0. The van der Waals surface area contributed by atoms with Crippen LogP contribution in [0.1, 0.15) is 37.4 Å². The van der Waals surface area contributed by atoms with Crippen LogP contribution in [-0.2, 0) is 12.8 Å². The lowest BCUT2D eigenvalue weighted by Crippen LogP contribution is -2.06. The van der Waals surface area contributed by atoms with Crippen LogP contribution < -0.4 is 5.73 Å². The van der Waals surface area contributed by atoms with Gasteiger partial charge in [0, 0.05) is 11.3 Å². The highest BCUT2D eigenvalue weighted by Crippen LogP contribution is 2.56. The average Bonchev–Trinajstić information content (AvgIpc) is 2.80. The smallest absolute Gasteiger partial charge is 0.148 e. The molecule has 1 heterocycles. The molecule has 3 N–H and O–H groups in total. The Kier molecular flexibility index (Phi) is 2.01. The first-order valence-corrected chi connectivity index (χ1v) is 6.11. The molecule has 2 saturated carbocycles. The standard InChI is InChI=1S/C12H19N3/c1-2-9-11(14-15-12(9)13)6-8-4-3-7-5-10(7)8/h7-8,10H,2-6H2,1H3,(H3,13,14,15)/t7-,8?,10+/m1/s1. The first-order valence-electron chi connectivity index (χ1n) is 6.11. The number of nitrogens with zero attached hydrogens (tertiary/aromatic N) is 1. The van der Waals surface area contributed by atoms with E-state index in [1.807, 2.05) is 0 Å². The van der Waals surface area contributed by atoms with Crippen LogP contribution in [0.25, 0.3) is 0 Å². The maximum absolute atomic E-state index is 5.83. The zero-order valence-electron chi connectivity index (χ0n) is 9.29. The summed E-state index contributed by atoms with van der Waals surface area (Å²) in [6.07, 6.45) is 6.53. The lowest BCUT2D eigenvalue weighted by atomic mass is 9.95. The van der Waals surface area contributed by atoms with Crippen molar-refractivity contribution in [3.63, 3.8) is 0 Å². The molecule has 3 rings (SSSR count). The third-order valence-electron chi connectivity index (χ3n) is 4.30. The number of H-pyrrole nitrogens is 1. The average molecular weight is 205 g/mol. The lowest BCUT2D eigenvalue weighted by Gasteiger charge is -2.10. The van der Waals surface area contributed by atoms with Crippen LogP contribution in [0.5, 0.6) is 0 Å². The summed E-state index contributed by atoms with van der Waals surface area (Å²) in [6.45, 7) is 2.15. The van der Waals surface area contributed by atoms with Gasteiger partial charge in [0.2, 0.25) is 0 Å². The summed E-state index contributed by atoms with van der Waals surface area (Å²) >= 11 is 0. The molecule has 0 aliphatic heterocycles. The summed E-state index contributed by atoms with van der Waals surface area (Å²) in [7, 11) is 0. The Bertz CT molecular complexity index is 369. The van der Waals surface area contributed by atoms with E-state index in [9.17, 15) is 0 Å². The van der Waals surface area contributed by atoms with Crippen molar-refractivity contribution in [2.24, 2.45) is 17.8 Å². The van der Waals surface area contributed by atoms with Crippen molar-refractivity contribution in [2.75, 3.05) is 5.73 Å². The van der Waals surface area contributed by atoms with Gasteiger partial charge in [-0.2, -0.15) is 5.10 Å². The number of fused-ring (bicyclic) bond motifs is 1. The van der Waals surface area contributed by atoms with Gasteiger partial charge in [-0.25, -0.2) is 0 Å². The number of anilines is 1. The Morgan fingerprint density at radius 2 is 2.33 bits per heavy atom. The summed E-state index contributed by atoms with van der Waals surface area (Å²) in [4.78, 5) is 0. The van der Waals surface area contributed by atoms with Gasteiger partial charge in [0.25, 0.3) is 0 Å². The minimum absolute atomic E-state index is 0.706. The molecule has 2 fully saturated rings. The molecule has 0 spiro atoms. The van der Waals surface area contributed by atoms with Crippen molar-refractivity contribution in [3.8, 4) is 0 Å². The van der Waals surface area contributed by atoms with Gasteiger partial charge in [0.05, 0.1) is 0 Å². The fourth-order valence-corrected chi connectivity index (χ4v) is 3.32. The molecule has 3 heteroatoms. The van der Waals surface area contributed by atoms with Gasteiger partial charge in [0.1, 0.15) is 5.82 Å². The van der Waals surface area contributed by atoms with E-state index in [0.717, 1.165) is 24.2 Å². The van der Waals surface area contributed by atoms with Crippen molar-refractivity contribution in [3.05, 3.63) is 11.3 Å².